The monoisotopic (exact) mass is 259 g/mol. The molecule has 1 atom stereocenters. The second-order valence-electron chi connectivity index (χ2n) is 5.10. The predicted molar refractivity (Wildman–Crippen MR) is 77.0 cm³/mol. The van der Waals surface area contributed by atoms with E-state index in [2.05, 4.69) is 42.3 Å². The zero-order valence-corrected chi connectivity index (χ0v) is 12.0. The van der Waals surface area contributed by atoms with Crippen molar-refractivity contribution in [2.24, 2.45) is 5.92 Å². The van der Waals surface area contributed by atoms with E-state index in [0.717, 1.165) is 17.7 Å². The van der Waals surface area contributed by atoms with Crippen molar-refractivity contribution in [3.63, 3.8) is 0 Å². The molecule has 4 nitrogen and oxygen atoms in total. The Morgan fingerprint density at radius 1 is 1.26 bits per heavy atom. The van der Waals surface area contributed by atoms with Gasteiger partial charge in [0.15, 0.2) is 5.82 Å². The molecule has 0 aliphatic rings. The second kappa shape index (κ2) is 5.87. The van der Waals surface area contributed by atoms with Gasteiger partial charge in [0.1, 0.15) is 0 Å². The van der Waals surface area contributed by atoms with E-state index in [0.29, 0.717) is 23.7 Å². The first-order valence-electron chi connectivity index (χ1n) is 6.78. The summed E-state index contributed by atoms with van der Waals surface area (Å²) in [6.07, 6.45) is 1.08. The lowest BCUT2D eigenvalue weighted by molar-refractivity contribution is 0.425. The summed E-state index contributed by atoms with van der Waals surface area (Å²) < 4.78 is 5.27. The van der Waals surface area contributed by atoms with E-state index in [1.807, 2.05) is 25.1 Å². The average molecular weight is 259 g/mol. The van der Waals surface area contributed by atoms with Crippen LogP contribution in [0.15, 0.2) is 28.8 Å². The minimum Gasteiger partial charge on any atom is -0.381 e. The minimum absolute atomic E-state index is 0.435. The average Bonchev–Trinajstić information content (AvgIpc) is 2.82. The SMILES string of the molecule is CCC(Nc1ccccc1-c1nc(C)no1)C(C)C. The summed E-state index contributed by atoms with van der Waals surface area (Å²) in [4.78, 5) is 4.30. The summed E-state index contributed by atoms with van der Waals surface area (Å²) in [7, 11) is 0. The molecule has 0 spiro atoms. The van der Waals surface area contributed by atoms with Crippen LogP contribution in [-0.2, 0) is 0 Å². The van der Waals surface area contributed by atoms with Gasteiger partial charge in [-0.05, 0) is 31.4 Å². The van der Waals surface area contributed by atoms with Crippen LogP contribution in [0.2, 0.25) is 0 Å². The minimum atomic E-state index is 0.435. The van der Waals surface area contributed by atoms with Gasteiger partial charge in [-0.25, -0.2) is 0 Å². The third-order valence-corrected chi connectivity index (χ3v) is 3.27. The highest BCUT2D eigenvalue weighted by atomic mass is 16.5. The summed E-state index contributed by atoms with van der Waals surface area (Å²) in [5, 5.41) is 7.43. The number of benzene rings is 1. The van der Waals surface area contributed by atoms with Crippen LogP contribution < -0.4 is 5.32 Å². The first-order valence-corrected chi connectivity index (χ1v) is 6.78. The van der Waals surface area contributed by atoms with E-state index in [1.54, 1.807) is 0 Å². The molecule has 1 heterocycles. The van der Waals surface area contributed by atoms with Gasteiger partial charge in [0.05, 0.1) is 5.56 Å². The molecule has 0 saturated carbocycles. The van der Waals surface area contributed by atoms with Gasteiger partial charge >= 0.3 is 0 Å². The zero-order valence-electron chi connectivity index (χ0n) is 12.0. The topological polar surface area (TPSA) is 51.0 Å². The lowest BCUT2D eigenvalue weighted by Gasteiger charge is -2.23. The van der Waals surface area contributed by atoms with E-state index in [4.69, 9.17) is 4.52 Å². The molecular weight excluding hydrogens is 238 g/mol. The first-order chi connectivity index (χ1) is 9.11. The molecule has 0 saturated heterocycles. The van der Waals surface area contributed by atoms with Gasteiger partial charge in [0.25, 0.3) is 5.89 Å². The molecule has 0 aliphatic carbocycles. The van der Waals surface area contributed by atoms with Crippen LogP contribution in [0, 0.1) is 12.8 Å². The lowest BCUT2D eigenvalue weighted by Crippen LogP contribution is -2.24. The number of aryl methyl sites for hydroxylation is 1. The Morgan fingerprint density at radius 3 is 2.58 bits per heavy atom. The molecule has 19 heavy (non-hydrogen) atoms. The van der Waals surface area contributed by atoms with Crippen LogP contribution in [0.25, 0.3) is 11.5 Å². The van der Waals surface area contributed by atoms with Crippen molar-refractivity contribution in [1.29, 1.82) is 0 Å². The van der Waals surface area contributed by atoms with Gasteiger partial charge in [0, 0.05) is 11.7 Å². The second-order valence-corrected chi connectivity index (χ2v) is 5.10. The maximum absolute atomic E-state index is 5.27. The normalized spacial score (nSPS) is 12.7. The van der Waals surface area contributed by atoms with Crippen LogP contribution in [0.3, 0.4) is 0 Å². The Balaban J connectivity index is 2.31. The van der Waals surface area contributed by atoms with Crippen molar-refractivity contribution in [2.75, 3.05) is 5.32 Å². The standard InChI is InChI=1S/C15H21N3O/c1-5-13(10(2)3)17-14-9-7-6-8-12(14)15-16-11(4)18-19-15/h6-10,13,17H,5H2,1-4H3. The molecule has 0 aliphatic heterocycles. The molecule has 0 bridgehead atoms. The molecule has 0 fully saturated rings. The van der Waals surface area contributed by atoms with Crippen molar-refractivity contribution >= 4 is 5.69 Å². The predicted octanol–water partition coefficient (Wildman–Crippen LogP) is 3.89. The van der Waals surface area contributed by atoms with E-state index in [1.165, 1.54) is 0 Å². The highest BCUT2D eigenvalue weighted by Crippen LogP contribution is 2.28. The molecule has 1 N–H and O–H groups in total. The third-order valence-electron chi connectivity index (χ3n) is 3.27. The molecule has 0 radical (unpaired) electrons. The maximum Gasteiger partial charge on any atom is 0.260 e. The van der Waals surface area contributed by atoms with Crippen LogP contribution >= 0.6 is 0 Å². The number of para-hydroxylation sites is 1. The van der Waals surface area contributed by atoms with Crippen molar-refractivity contribution < 1.29 is 4.52 Å². The van der Waals surface area contributed by atoms with E-state index < -0.39 is 0 Å². The van der Waals surface area contributed by atoms with Gasteiger partial charge in [-0.15, -0.1) is 0 Å². The van der Waals surface area contributed by atoms with Gasteiger partial charge in [-0.1, -0.05) is 38.1 Å². The van der Waals surface area contributed by atoms with Crippen LogP contribution in [-0.4, -0.2) is 16.2 Å². The fourth-order valence-corrected chi connectivity index (χ4v) is 2.14. The molecule has 1 unspecified atom stereocenters. The number of hydrogen-bond donors (Lipinski definition) is 1. The Labute approximate surface area is 114 Å². The third kappa shape index (κ3) is 3.13. The fraction of sp³-hybridized carbons (Fsp3) is 0.467. The van der Waals surface area contributed by atoms with Gasteiger partial charge < -0.3 is 9.84 Å². The molecule has 1 aromatic heterocycles. The van der Waals surface area contributed by atoms with Crippen LogP contribution in [0.1, 0.15) is 33.0 Å². The molecule has 102 valence electrons. The molecule has 2 aromatic rings. The number of nitrogens with one attached hydrogen (secondary N) is 1. The van der Waals surface area contributed by atoms with Crippen LogP contribution in [0.5, 0.6) is 0 Å². The number of aromatic nitrogens is 2. The van der Waals surface area contributed by atoms with Gasteiger partial charge in [-0.2, -0.15) is 4.98 Å². The Kier molecular flexibility index (Phi) is 4.20. The van der Waals surface area contributed by atoms with Gasteiger partial charge in [-0.3, -0.25) is 0 Å². The smallest absolute Gasteiger partial charge is 0.260 e. The molecule has 2 rings (SSSR count). The Morgan fingerprint density at radius 2 is 2.00 bits per heavy atom. The molecule has 4 heteroatoms. The molecule has 1 aromatic carbocycles. The molecule has 0 amide bonds. The summed E-state index contributed by atoms with van der Waals surface area (Å²) in [5.41, 5.74) is 2.01. The zero-order chi connectivity index (χ0) is 13.8. The van der Waals surface area contributed by atoms with Crippen molar-refractivity contribution in [3.05, 3.63) is 30.1 Å². The highest BCUT2D eigenvalue weighted by Gasteiger charge is 2.15. The highest BCUT2D eigenvalue weighted by molar-refractivity contribution is 5.72. The Hall–Kier alpha value is -1.84. The summed E-state index contributed by atoms with van der Waals surface area (Å²) in [5.74, 6) is 1.79. The summed E-state index contributed by atoms with van der Waals surface area (Å²) >= 11 is 0. The Bertz CT molecular complexity index is 534. The first kappa shape index (κ1) is 13.6. The number of hydrogen-bond acceptors (Lipinski definition) is 4. The fourth-order valence-electron chi connectivity index (χ4n) is 2.14. The number of anilines is 1. The largest absolute Gasteiger partial charge is 0.381 e. The lowest BCUT2D eigenvalue weighted by atomic mass is 10.0. The van der Waals surface area contributed by atoms with Crippen molar-refractivity contribution in [2.45, 2.75) is 40.2 Å². The maximum atomic E-state index is 5.27. The van der Waals surface area contributed by atoms with Crippen molar-refractivity contribution in [3.8, 4) is 11.5 Å². The van der Waals surface area contributed by atoms with Crippen molar-refractivity contribution in [1.82, 2.24) is 10.1 Å². The van der Waals surface area contributed by atoms with Gasteiger partial charge in [0.2, 0.25) is 0 Å². The quantitative estimate of drug-likeness (QED) is 0.885. The summed E-state index contributed by atoms with van der Waals surface area (Å²) in [6.45, 7) is 8.46. The molecular formula is C15H21N3O. The summed E-state index contributed by atoms with van der Waals surface area (Å²) in [6, 6.07) is 8.49. The van der Waals surface area contributed by atoms with E-state index in [-0.39, 0.29) is 0 Å². The number of rotatable bonds is 5. The van der Waals surface area contributed by atoms with Crippen LogP contribution in [0.4, 0.5) is 5.69 Å². The number of nitrogens with zero attached hydrogens (tertiary/aromatic N) is 2. The van der Waals surface area contributed by atoms with E-state index in [9.17, 15) is 0 Å². The van der Waals surface area contributed by atoms with E-state index >= 15 is 0 Å².